The lowest BCUT2D eigenvalue weighted by molar-refractivity contribution is 0.0954. The van der Waals surface area contributed by atoms with Gasteiger partial charge in [0.05, 0.1) is 28.1 Å². The Labute approximate surface area is 139 Å². The summed E-state index contributed by atoms with van der Waals surface area (Å²) >= 11 is 1.68. The molecule has 0 unspecified atom stereocenters. The predicted octanol–water partition coefficient (Wildman–Crippen LogP) is 2.92. The molecule has 0 saturated heterocycles. The van der Waals surface area contributed by atoms with Crippen molar-refractivity contribution in [3.05, 3.63) is 63.9 Å². The summed E-state index contributed by atoms with van der Waals surface area (Å²) in [4.78, 5) is 17.8. The van der Waals surface area contributed by atoms with E-state index in [2.05, 4.69) is 15.4 Å². The SMILES string of the molecule is Cc1nc(C)c(CCNC(=O)c2cnn(-c3ccccc3)c2)s1. The molecule has 1 aromatic carbocycles. The Hall–Kier alpha value is -2.47. The van der Waals surface area contributed by atoms with E-state index in [0.29, 0.717) is 12.1 Å². The van der Waals surface area contributed by atoms with Crippen LogP contribution in [0.4, 0.5) is 0 Å². The van der Waals surface area contributed by atoms with E-state index in [1.54, 1.807) is 28.4 Å². The first-order chi connectivity index (χ1) is 11.1. The minimum absolute atomic E-state index is 0.105. The van der Waals surface area contributed by atoms with E-state index in [4.69, 9.17) is 0 Å². The molecule has 0 atom stereocenters. The highest BCUT2D eigenvalue weighted by Crippen LogP contribution is 2.17. The van der Waals surface area contributed by atoms with Crippen LogP contribution in [0, 0.1) is 13.8 Å². The van der Waals surface area contributed by atoms with Crippen molar-refractivity contribution in [3.8, 4) is 5.69 Å². The zero-order valence-corrected chi connectivity index (χ0v) is 13.9. The van der Waals surface area contributed by atoms with Crippen LogP contribution in [0.3, 0.4) is 0 Å². The normalized spacial score (nSPS) is 10.7. The van der Waals surface area contributed by atoms with Gasteiger partial charge >= 0.3 is 0 Å². The molecule has 0 saturated carbocycles. The number of carbonyl (C=O) groups is 1. The lowest BCUT2D eigenvalue weighted by atomic mass is 10.3. The highest BCUT2D eigenvalue weighted by Gasteiger charge is 2.10. The van der Waals surface area contributed by atoms with Crippen molar-refractivity contribution in [3.63, 3.8) is 0 Å². The third-order valence-corrected chi connectivity index (χ3v) is 4.64. The summed E-state index contributed by atoms with van der Waals surface area (Å²) in [5.41, 5.74) is 2.55. The molecule has 0 aliphatic carbocycles. The number of aromatic nitrogens is 3. The van der Waals surface area contributed by atoms with Crippen molar-refractivity contribution < 1.29 is 4.79 Å². The van der Waals surface area contributed by atoms with Crippen LogP contribution < -0.4 is 5.32 Å². The molecular weight excluding hydrogens is 308 g/mol. The van der Waals surface area contributed by atoms with E-state index < -0.39 is 0 Å². The lowest BCUT2D eigenvalue weighted by Crippen LogP contribution is -2.25. The maximum absolute atomic E-state index is 12.2. The van der Waals surface area contributed by atoms with Crippen LogP contribution >= 0.6 is 11.3 Å². The molecule has 23 heavy (non-hydrogen) atoms. The second-order valence-electron chi connectivity index (χ2n) is 5.26. The second-order valence-corrected chi connectivity index (χ2v) is 6.54. The molecular formula is C17H18N4OS. The monoisotopic (exact) mass is 326 g/mol. The number of benzene rings is 1. The number of aryl methyl sites for hydroxylation is 2. The molecule has 6 heteroatoms. The highest BCUT2D eigenvalue weighted by molar-refractivity contribution is 7.11. The number of hydrogen-bond acceptors (Lipinski definition) is 4. The quantitative estimate of drug-likeness (QED) is 0.784. The second kappa shape index (κ2) is 6.75. The minimum Gasteiger partial charge on any atom is -0.352 e. The van der Waals surface area contributed by atoms with Crippen molar-refractivity contribution in [1.29, 1.82) is 0 Å². The number of nitrogens with zero attached hydrogens (tertiary/aromatic N) is 3. The number of para-hydroxylation sites is 1. The summed E-state index contributed by atoms with van der Waals surface area (Å²) in [7, 11) is 0. The van der Waals surface area contributed by atoms with Gasteiger partial charge in [0.15, 0.2) is 0 Å². The number of nitrogens with one attached hydrogen (secondary N) is 1. The van der Waals surface area contributed by atoms with Gasteiger partial charge in [0.2, 0.25) is 0 Å². The van der Waals surface area contributed by atoms with Gasteiger partial charge in [0.25, 0.3) is 5.91 Å². The van der Waals surface area contributed by atoms with E-state index >= 15 is 0 Å². The maximum Gasteiger partial charge on any atom is 0.254 e. The summed E-state index contributed by atoms with van der Waals surface area (Å²) in [5.74, 6) is -0.105. The molecule has 3 aromatic rings. The van der Waals surface area contributed by atoms with E-state index in [1.807, 2.05) is 44.2 Å². The van der Waals surface area contributed by atoms with Gasteiger partial charge < -0.3 is 5.32 Å². The van der Waals surface area contributed by atoms with Gasteiger partial charge in [0, 0.05) is 24.0 Å². The zero-order chi connectivity index (χ0) is 16.2. The predicted molar refractivity (Wildman–Crippen MR) is 91.2 cm³/mol. The van der Waals surface area contributed by atoms with Gasteiger partial charge in [-0.25, -0.2) is 9.67 Å². The molecule has 0 aliphatic rings. The van der Waals surface area contributed by atoms with E-state index in [0.717, 1.165) is 22.8 Å². The first-order valence-corrected chi connectivity index (χ1v) is 8.26. The molecule has 0 fully saturated rings. The van der Waals surface area contributed by atoms with Gasteiger partial charge in [-0.2, -0.15) is 5.10 Å². The topological polar surface area (TPSA) is 59.8 Å². The Morgan fingerprint density at radius 3 is 2.74 bits per heavy atom. The van der Waals surface area contributed by atoms with Crippen LogP contribution in [0.25, 0.3) is 5.69 Å². The molecule has 1 amide bonds. The summed E-state index contributed by atoms with van der Waals surface area (Å²) in [5, 5.41) is 8.24. The number of thiazole rings is 1. The summed E-state index contributed by atoms with van der Waals surface area (Å²) in [6, 6.07) is 9.73. The largest absolute Gasteiger partial charge is 0.352 e. The standard InChI is InChI=1S/C17H18N4OS/c1-12-16(23-13(2)20-12)8-9-18-17(22)14-10-19-21(11-14)15-6-4-3-5-7-15/h3-7,10-11H,8-9H2,1-2H3,(H,18,22). The fourth-order valence-electron chi connectivity index (χ4n) is 2.36. The molecule has 118 valence electrons. The lowest BCUT2D eigenvalue weighted by Gasteiger charge is -2.03. The van der Waals surface area contributed by atoms with Gasteiger partial charge in [0.1, 0.15) is 0 Å². The maximum atomic E-state index is 12.2. The number of hydrogen-bond donors (Lipinski definition) is 1. The average Bonchev–Trinajstić information content (AvgIpc) is 3.15. The van der Waals surface area contributed by atoms with Crippen molar-refractivity contribution in [2.75, 3.05) is 6.54 Å². The van der Waals surface area contributed by atoms with E-state index in [-0.39, 0.29) is 5.91 Å². The average molecular weight is 326 g/mol. The summed E-state index contributed by atoms with van der Waals surface area (Å²) in [6.45, 7) is 4.60. The van der Waals surface area contributed by atoms with Gasteiger partial charge in [-0.15, -0.1) is 11.3 Å². The smallest absolute Gasteiger partial charge is 0.254 e. The van der Waals surface area contributed by atoms with Gasteiger partial charge in [-0.3, -0.25) is 4.79 Å². The first-order valence-electron chi connectivity index (χ1n) is 7.44. The Kier molecular flexibility index (Phi) is 4.52. The molecule has 0 spiro atoms. The fraction of sp³-hybridized carbons (Fsp3) is 0.235. The van der Waals surface area contributed by atoms with Crippen LogP contribution in [0.15, 0.2) is 42.7 Å². The molecule has 0 aliphatic heterocycles. The fourth-order valence-corrected chi connectivity index (χ4v) is 3.30. The molecule has 3 rings (SSSR count). The number of carbonyl (C=O) groups excluding carboxylic acids is 1. The Balaban J connectivity index is 1.59. The summed E-state index contributed by atoms with van der Waals surface area (Å²) < 4.78 is 1.70. The van der Waals surface area contributed by atoms with Gasteiger partial charge in [-0.1, -0.05) is 18.2 Å². The summed E-state index contributed by atoms with van der Waals surface area (Å²) in [6.07, 6.45) is 4.13. The number of rotatable bonds is 5. The van der Waals surface area contributed by atoms with Crippen LogP contribution in [0.2, 0.25) is 0 Å². The Morgan fingerprint density at radius 1 is 1.26 bits per heavy atom. The Bertz CT molecular complexity index is 807. The van der Waals surface area contributed by atoms with Crippen LogP contribution in [0.5, 0.6) is 0 Å². The van der Waals surface area contributed by atoms with Gasteiger partial charge in [-0.05, 0) is 26.0 Å². The number of amides is 1. The molecule has 2 aromatic heterocycles. The first kappa shape index (κ1) is 15.4. The van der Waals surface area contributed by atoms with E-state index in [9.17, 15) is 4.79 Å². The molecule has 0 bridgehead atoms. The molecule has 5 nitrogen and oxygen atoms in total. The van der Waals surface area contributed by atoms with Crippen LogP contribution in [-0.2, 0) is 6.42 Å². The third kappa shape index (κ3) is 3.65. The van der Waals surface area contributed by atoms with Crippen LogP contribution in [0.1, 0.15) is 25.9 Å². The van der Waals surface area contributed by atoms with E-state index in [1.165, 1.54) is 4.88 Å². The Morgan fingerprint density at radius 2 is 2.04 bits per heavy atom. The van der Waals surface area contributed by atoms with Crippen molar-refractivity contribution in [1.82, 2.24) is 20.1 Å². The van der Waals surface area contributed by atoms with Crippen molar-refractivity contribution in [2.45, 2.75) is 20.3 Å². The van der Waals surface area contributed by atoms with Crippen molar-refractivity contribution >= 4 is 17.2 Å². The highest BCUT2D eigenvalue weighted by atomic mass is 32.1. The third-order valence-electron chi connectivity index (χ3n) is 3.50. The zero-order valence-electron chi connectivity index (χ0n) is 13.1. The van der Waals surface area contributed by atoms with Crippen LogP contribution in [-0.4, -0.2) is 27.2 Å². The minimum atomic E-state index is -0.105. The molecule has 2 heterocycles. The molecule has 1 N–H and O–H groups in total. The van der Waals surface area contributed by atoms with Crippen molar-refractivity contribution in [2.24, 2.45) is 0 Å². The molecule has 0 radical (unpaired) electrons.